The number of amides is 1. The van der Waals surface area contributed by atoms with Crippen molar-refractivity contribution in [2.45, 2.75) is 12.6 Å². The molecule has 4 aromatic rings. The Kier molecular flexibility index (Phi) is 4.18. The Hall–Kier alpha value is -3.10. The van der Waals surface area contributed by atoms with E-state index in [9.17, 15) is 14.0 Å². The van der Waals surface area contributed by atoms with E-state index in [2.05, 4.69) is 9.97 Å². The van der Waals surface area contributed by atoms with E-state index < -0.39 is 11.9 Å². The zero-order valence-corrected chi connectivity index (χ0v) is 16.3. The molecule has 3 heterocycles. The Morgan fingerprint density at radius 3 is 3.00 bits per heavy atom. The number of pyridine rings is 1. The summed E-state index contributed by atoms with van der Waals surface area (Å²) in [5.41, 5.74) is 4.08. The Morgan fingerprint density at radius 1 is 1.28 bits per heavy atom. The van der Waals surface area contributed by atoms with Crippen molar-refractivity contribution in [3.05, 3.63) is 74.9 Å². The molecule has 0 saturated carbocycles. The fourth-order valence-corrected chi connectivity index (χ4v) is 4.52. The summed E-state index contributed by atoms with van der Waals surface area (Å²) in [5.74, 6) is -0.657. The summed E-state index contributed by atoms with van der Waals surface area (Å²) in [6.45, 7) is 0.522. The van der Waals surface area contributed by atoms with E-state index in [1.165, 1.54) is 23.5 Å². The van der Waals surface area contributed by atoms with E-state index in [0.29, 0.717) is 16.6 Å². The molecular weight excluding hydrogens is 393 g/mol. The molecule has 5 rings (SSSR count). The van der Waals surface area contributed by atoms with Gasteiger partial charge in [0.25, 0.3) is 11.5 Å². The van der Waals surface area contributed by atoms with Crippen LogP contribution in [0.5, 0.6) is 0 Å². The lowest BCUT2D eigenvalue weighted by Gasteiger charge is -2.33. The fraction of sp³-hybridized carbons (Fsp3) is 0.190. The number of nitrogens with zero attached hydrogens (tertiary/aromatic N) is 2. The number of hydrogen-bond donors (Lipinski definition) is 1. The molecule has 0 aliphatic carbocycles. The second-order valence-electron chi connectivity index (χ2n) is 7.02. The van der Waals surface area contributed by atoms with Crippen LogP contribution in [0.3, 0.4) is 0 Å². The molecule has 0 radical (unpaired) electrons. The van der Waals surface area contributed by atoms with Crippen LogP contribution in [0.2, 0.25) is 0 Å². The summed E-state index contributed by atoms with van der Waals surface area (Å²) in [5, 5.41) is 0.897. The minimum absolute atomic E-state index is 0.178. The third-order valence-electron chi connectivity index (χ3n) is 5.33. The molecule has 1 atom stereocenters. The van der Waals surface area contributed by atoms with Gasteiger partial charge in [0.15, 0.2) is 0 Å². The van der Waals surface area contributed by atoms with E-state index in [1.807, 2.05) is 6.07 Å². The highest BCUT2D eigenvalue weighted by molar-refractivity contribution is 7.16. The van der Waals surface area contributed by atoms with Gasteiger partial charge in [-0.05, 0) is 35.7 Å². The average Bonchev–Trinajstić information content (AvgIpc) is 3.20. The number of H-pyrrole nitrogens is 1. The van der Waals surface area contributed by atoms with Gasteiger partial charge in [-0.15, -0.1) is 11.3 Å². The molecule has 2 aromatic carbocycles. The number of likely N-dealkylation sites (N-methyl/N-ethyl adjacent to an activating group) is 1. The van der Waals surface area contributed by atoms with Gasteiger partial charge in [0.2, 0.25) is 0 Å². The first-order valence-corrected chi connectivity index (χ1v) is 9.93. The summed E-state index contributed by atoms with van der Waals surface area (Å²) in [6.07, 6.45) is 0. The monoisotopic (exact) mass is 409 g/mol. The first kappa shape index (κ1) is 18.0. The number of thiazole rings is 1. The molecule has 0 spiro atoms. The van der Waals surface area contributed by atoms with Gasteiger partial charge in [-0.3, -0.25) is 9.59 Å². The summed E-state index contributed by atoms with van der Waals surface area (Å²) >= 11 is 1.52. The second-order valence-corrected chi connectivity index (χ2v) is 7.90. The van der Waals surface area contributed by atoms with E-state index in [-0.39, 0.29) is 30.1 Å². The number of benzene rings is 2. The van der Waals surface area contributed by atoms with E-state index in [1.54, 1.807) is 35.7 Å². The number of nitrogens with one attached hydrogen (secondary N) is 1. The number of rotatable bonds is 2. The van der Waals surface area contributed by atoms with Gasteiger partial charge < -0.3 is 14.6 Å². The van der Waals surface area contributed by atoms with Crippen LogP contribution in [0.15, 0.2) is 46.7 Å². The number of fused-ring (bicyclic) bond motifs is 4. The molecule has 29 heavy (non-hydrogen) atoms. The SMILES string of the molecule is CN(C(=O)c1ccc2scnc2c1)[C@@H]1COCc2[nH]c(=O)c3cc(F)ccc3c21. The molecule has 8 heteroatoms. The van der Waals surface area contributed by atoms with E-state index in [4.69, 9.17) is 4.74 Å². The number of ether oxygens (including phenoxy) is 1. The van der Waals surface area contributed by atoms with Crippen molar-refractivity contribution in [2.75, 3.05) is 13.7 Å². The Morgan fingerprint density at radius 2 is 2.14 bits per heavy atom. The van der Waals surface area contributed by atoms with Crippen LogP contribution in [-0.4, -0.2) is 34.4 Å². The Labute approximate surface area is 168 Å². The number of carbonyl (C=O) groups is 1. The summed E-state index contributed by atoms with van der Waals surface area (Å²) in [6, 6.07) is 9.17. The largest absolute Gasteiger partial charge is 0.373 e. The molecule has 0 fully saturated rings. The summed E-state index contributed by atoms with van der Waals surface area (Å²) < 4.78 is 20.4. The lowest BCUT2D eigenvalue weighted by atomic mass is 9.95. The number of aromatic nitrogens is 2. The normalized spacial score (nSPS) is 16.1. The van der Waals surface area contributed by atoms with Crippen molar-refractivity contribution in [1.82, 2.24) is 14.9 Å². The highest BCUT2D eigenvalue weighted by atomic mass is 32.1. The van der Waals surface area contributed by atoms with Crippen LogP contribution in [0.4, 0.5) is 4.39 Å². The number of carbonyl (C=O) groups excluding carboxylic acids is 1. The molecule has 0 bridgehead atoms. The molecule has 1 aliphatic heterocycles. The lowest BCUT2D eigenvalue weighted by molar-refractivity contribution is 0.0336. The number of halogens is 1. The first-order valence-electron chi connectivity index (χ1n) is 9.05. The van der Waals surface area contributed by atoms with Crippen LogP contribution >= 0.6 is 11.3 Å². The average molecular weight is 409 g/mol. The Bertz CT molecular complexity index is 1330. The molecular formula is C21H16FN3O3S. The fourth-order valence-electron chi connectivity index (χ4n) is 3.87. The van der Waals surface area contributed by atoms with Gasteiger partial charge in [0.1, 0.15) is 5.82 Å². The van der Waals surface area contributed by atoms with Gasteiger partial charge in [-0.2, -0.15) is 0 Å². The molecule has 1 N–H and O–H groups in total. The predicted octanol–water partition coefficient (Wildman–Crippen LogP) is 3.62. The van der Waals surface area contributed by atoms with E-state index >= 15 is 0 Å². The van der Waals surface area contributed by atoms with Gasteiger partial charge >= 0.3 is 0 Å². The van der Waals surface area contributed by atoms with Crippen LogP contribution in [0, 0.1) is 5.82 Å². The van der Waals surface area contributed by atoms with Crippen LogP contribution in [0.1, 0.15) is 27.7 Å². The minimum Gasteiger partial charge on any atom is -0.373 e. The van der Waals surface area contributed by atoms with Gasteiger partial charge in [0.05, 0.1) is 40.4 Å². The highest BCUT2D eigenvalue weighted by Gasteiger charge is 2.31. The number of hydrogen-bond acceptors (Lipinski definition) is 5. The molecule has 0 unspecified atom stereocenters. The third kappa shape index (κ3) is 2.92. The summed E-state index contributed by atoms with van der Waals surface area (Å²) in [4.78, 5) is 34.2. The molecule has 1 aliphatic rings. The highest BCUT2D eigenvalue weighted by Crippen LogP contribution is 2.34. The number of aromatic amines is 1. The van der Waals surface area contributed by atoms with Crippen molar-refractivity contribution in [3.63, 3.8) is 0 Å². The van der Waals surface area contributed by atoms with E-state index in [0.717, 1.165) is 15.8 Å². The quantitative estimate of drug-likeness (QED) is 0.549. The molecule has 2 aromatic heterocycles. The smallest absolute Gasteiger partial charge is 0.256 e. The standard InChI is InChI=1S/C21H16FN3O3S/c1-25(21(27)11-2-5-18-15(6-11)23-10-29-18)17-9-28-8-16-19(17)13-4-3-12(22)7-14(13)20(26)24-16/h2-7,10,17H,8-9H2,1H3,(H,24,26)/t17-/m1/s1. The van der Waals surface area contributed by atoms with Crippen molar-refractivity contribution < 1.29 is 13.9 Å². The zero-order valence-electron chi connectivity index (χ0n) is 15.4. The second kappa shape index (κ2) is 6.75. The zero-order chi connectivity index (χ0) is 20.1. The maximum absolute atomic E-state index is 13.7. The van der Waals surface area contributed by atoms with Crippen molar-refractivity contribution in [1.29, 1.82) is 0 Å². The maximum atomic E-state index is 13.7. The first-order chi connectivity index (χ1) is 14.0. The van der Waals surface area contributed by atoms with Gasteiger partial charge in [0, 0.05) is 23.9 Å². The van der Waals surface area contributed by atoms with Crippen molar-refractivity contribution in [3.8, 4) is 0 Å². The third-order valence-corrected chi connectivity index (χ3v) is 6.14. The molecule has 146 valence electrons. The van der Waals surface area contributed by atoms with Crippen molar-refractivity contribution in [2.24, 2.45) is 0 Å². The lowest BCUT2D eigenvalue weighted by Crippen LogP contribution is -2.37. The Balaban J connectivity index is 1.60. The molecule has 0 saturated heterocycles. The maximum Gasteiger partial charge on any atom is 0.256 e. The van der Waals surface area contributed by atoms with Gasteiger partial charge in [-0.1, -0.05) is 6.07 Å². The van der Waals surface area contributed by atoms with Crippen molar-refractivity contribution >= 4 is 38.2 Å². The minimum atomic E-state index is -0.479. The topological polar surface area (TPSA) is 75.3 Å². The van der Waals surface area contributed by atoms with Crippen LogP contribution in [0.25, 0.3) is 21.0 Å². The van der Waals surface area contributed by atoms with Gasteiger partial charge in [-0.25, -0.2) is 9.37 Å². The van der Waals surface area contributed by atoms with Crippen LogP contribution < -0.4 is 5.56 Å². The molecule has 6 nitrogen and oxygen atoms in total. The molecule has 1 amide bonds. The summed E-state index contributed by atoms with van der Waals surface area (Å²) in [7, 11) is 1.71. The predicted molar refractivity (Wildman–Crippen MR) is 109 cm³/mol. The van der Waals surface area contributed by atoms with Crippen LogP contribution in [-0.2, 0) is 11.3 Å².